The fourth-order valence-corrected chi connectivity index (χ4v) is 9.79. The third-order valence-corrected chi connectivity index (χ3v) is 11.9. The number of carbonyl (C=O) groups excluding carboxylic acids is 1. The second kappa shape index (κ2) is 11.0. The summed E-state index contributed by atoms with van der Waals surface area (Å²) in [5, 5.41) is 15.3. The summed E-state index contributed by atoms with van der Waals surface area (Å²) in [6, 6.07) is 0. The molecule has 212 valence electrons. The highest BCUT2D eigenvalue weighted by Crippen LogP contribution is 2.67. The van der Waals surface area contributed by atoms with Crippen LogP contribution in [0.25, 0.3) is 0 Å². The molecule has 1 unspecified atom stereocenters. The number of carbonyl (C=O) groups is 1. The Labute approximate surface area is 228 Å². The van der Waals surface area contributed by atoms with Crippen molar-refractivity contribution in [3.63, 3.8) is 0 Å². The highest BCUT2D eigenvalue weighted by atomic mass is 16.3. The summed E-state index contributed by atoms with van der Waals surface area (Å²) in [6.07, 6.45) is 16.3. The van der Waals surface area contributed by atoms with Crippen molar-refractivity contribution in [1.29, 1.82) is 0 Å². The molecule has 0 heterocycles. The molecule has 4 nitrogen and oxygen atoms in total. The van der Waals surface area contributed by atoms with Crippen LogP contribution in [0.5, 0.6) is 0 Å². The lowest BCUT2D eigenvalue weighted by Crippen LogP contribution is -2.58. The molecule has 1 amide bonds. The Morgan fingerprint density at radius 3 is 2.43 bits per heavy atom. The van der Waals surface area contributed by atoms with Crippen molar-refractivity contribution >= 4 is 5.91 Å². The zero-order chi connectivity index (χ0) is 27.2. The smallest absolute Gasteiger partial charge is 0.269 e. The van der Waals surface area contributed by atoms with Crippen molar-refractivity contribution in [1.82, 2.24) is 10.0 Å². The standard InChI is InChI=1S/C33H58N2O2/c1-9-21-35(34(7)8)30(36)33(37)20-19-31(5)25(22-33)13-14-26-28-16-15-27(24(4)12-10-11-23(2)3)32(28,6)18-17-29(26)31/h13,23-24,26-29,37H,9-12,14-22H2,1-8H3/t24-,26+,27-,28+,29+,31+,32-,33?/m1/s1. The maximum absolute atomic E-state index is 13.5. The van der Waals surface area contributed by atoms with E-state index in [1.54, 1.807) is 5.01 Å². The van der Waals surface area contributed by atoms with Crippen molar-refractivity contribution in [2.45, 2.75) is 124 Å². The summed E-state index contributed by atoms with van der Waals surface area (Å²) in [5.74, 6) is 4.77. The van der Waals surface area contributed by atoms with E-state index in [9.17, 15) is 9.90 Å². The second-order valence-corrected chi connectivity index (χ2v) is 14.8. The molecule has 0 aromatic carbocycles. The first-order chi connectivity index (χ1) is 17.4. The SMILES string of the molecule is CCCN(C(=O)C1(O)CC[C@@]2(C)C(=CC[C@H]3[C@@H]4CC[C@H]([C@H](C)CCCC(C)C)[C@@]4(C)CC[C@@H]32)C1)N(C)C. The van der Waals surface area contributed by atoms with Gasteiger partial charge in [-0.15, -0.1) is 0 Å². The Morgan fingerprint density at radius 1 is 1.05 bits per heavy atom. The Balaban J connectivity index is 1.49. The molecule has 4 aliphatic carbocycles. The van der Waals surface area contributed by atoms with E-state index in [0.29, 0.717) is 30.7 Å². The Kier molecular flexibility index (Phi) is 8.62. The summed E-state index contributed by atoms with van der Waals surface area (Å²) in [5.41, 5.74) is 0.764. The number of hydrogen-bond donors (Lipinski definition) is 1. The summed E-state index contributed by atoms with van der Waals surface area (Å²) >= 11 is 0. The fourth-order valence-electron chi connectivity index (χ4n) is 9.79. The van der Waals surface area contributed by atoms with Crippen molar-refractivity contribution in [2.75, 3.05) is 20.6 Å². The second-order valence-electron chi connectivity index (χ2n) is 14.8. The summed E-state index contributed by atoms with van der Waals surface area (Å²) in [6.45, 7) is 15.2. The number of amides is 1. The molecule has 3 fully saturated rings. The van der Waals surface area contributed by atoms with Gasteiger partial charge in [-0.2, -0.15) is 0 Å². The first kappa shape index (κ1) is 29.1. The third kappa shape index (κ3) is 5.20. The van der Waals surface area contributed by atoms with Crippen LogP contribution in [0.2, 0.25) is 0 Å². The van der Waals surface area contributed by atoms with E-state index in [4.69, 9.17) is 0 Å². The van der Waals surface area contributed by atoms with Gasteiger partial charge in [0.15, 0.2) is 0 Å². The molecule has 0 aromatic heterocycles. The number of hydrogen-bond acceptors (Lipinski definition) is 3. The monoisotopic (exact) mass is 514 g/mol. The molecule has 37 heavy (non-hydrogen) atoms. The van der Waals surface area contributed by atoms with Crippen molar-refractivity contribution in [3.8, 4) is 0 Å². The quantitative estimate of drug-likeness (QED) is 0.256. The first-order valence-electron chi connectivity index (χ1n) is 15.8. The average Bonchev–Trinajstić information content (AvgIpc) is 3.19. The number of fused-ring (bicyclic) bond motifs is 5. The Morgan fingerprint density at radius 2 is 1.78 bits per heavy atom. The summed E-state index contributed by atoms with van der Waals surface area (Å²) in [4.78, 5) is 13.5. The van der Waals surface area contributed by atoms with E-state index in [2.05, 4.69) is 47.6 Å². The molecule has 0 bridgehead atoms. The number of nitrogens with zero attached hydrogens (tertiary/aromatic N) is 2. The van der Waals surface area contributed by atoms with Gasteiger partial charge in [0.2, 0.25) is 0 Å². The van der Waals surface area contributed by atoms with E-state index in [0.717, 1.165) is 48.9 Å². The van der Waals surface area contributed by atoms with Gasteiger partial charge in [0.25, 0.3) is 5.91 Å². The topological polar surface area (TPSA) is 43.8 Å². The van der Waals surface area contributed by atoms with Gasteiger partial charge >= 0.3 is 0 Å². The number of aliphatic hydroxyl groups is 1. The van der Waals surface area contributed by atoms with Gasteiger partial charge < -0.3 is 5.11 Å². The molecule has 0 saturated heterocycles. The number of rotatable bonds is 9. The minimum absolute atomic E-state index is 0.106. The van der Waals surface area contributed by atoms with Gasteiger partial charge in [0.05, 0.1) is 0 Å². The van der Waals surface area contributed by atoms with Gasteiger partial charge in [-0.3, -0.25) is 9.80 Å². The van der Waals surface area contributed by atoms with E-state index >= 15 is 0 Å². The van der Waals surface area contributed by atoms with Crippen LogP contribution >= 0.6 is 0 Å². The van der Waals surface area contributed by atoms with E-state index in [1.807, 2.05) is 19.1 Å². The van der Waals surface area contributed by atoms with Crippen LogP contribution < -0.4 is 0 Å². The normalized spacial score (nSPS) is 40.1. The molecule has 0 aliphatic heterocycles. The minimum atomic E-state index is -1.26. The molecule has 3 saturated carbocycles. The molecule has 8 atom stereocenters. The zero-order valence-electron chi connectivity index (χ0n) is 25.5. The van der Waals surface area contributed by atoms with Crippen LogP contribution in [0.3, 0.4) is 0 Å². The lowest BCUT2D eigenvalue weighted by Gasteiger charge is -2.59. The van der Waals surface area contributed by atoms with Crippen molar-refractivity contribution < 1.29 is 9.90 Å². The van der Waals surface area contributed by atoms with E-state index < -0.39 is 5.60 Å². The lowest BCUT2D eigenvalue weighted by atomic mass is 9.46. The number of allylic oxidation sites excluding steroid dienone is 1. The van der Waals surface area contributed by atoms with Crippen molar-refractivity contribution in [2.24, 2.45) is 46.3 Å². The molecule has 0 radical (unpaired) electrons. The van der Waals surface area contributed by atoms with Gasteiger partial charge in [0.1, 0.15) is 5.60 Å². The maximum Gasteiger partial charge on any atom is 0.269 e. The number of hydrazine groups is 1. The lowest BCUT2D eigenvalue weighted by molar-refractivity contribution is -0.170. The predicted octanol–water partition coefficient (Wildman–Crippen LogP) is 7.47. The van der Waals surface area contributed by atoms with Crippen LogP contribution in [0.1, 0.15) is 119 Å². The zero-order valence-corrected chi connectivity index (χ0v) is 25.5. The largest absolute Gasteiger partial charge is 0.380 e. The van der Waals surface area contributed by atoms with Crippen molar-refractivity contribution in [3.05, 3.63) is 11.6 Å². The average molecular weight is 515 g/mol. The molecule has 1 N–H and O–H groups in total. The Hall–Kier alpha value is -0.870. The molecule has 0 spiro atoms. The Bertz CT molecular complexity index is 851. The van der Waals surface area contributed by atoms with Crippen LogP contribution in [-0.4, -0.2) is 47.3 Å². The molecule has 0 aromatic rings. The van der Waals surface area contributed by atoms with Gasteiger partial charge in [-0.25, -0.2) is 5.01 Å². The van der Waals surface area contributed by atoms with Crippen LogP contribution in [0.4, 0.5) is 0 Å². The third-order valence-electron chi connectivity index (χ3n) is 11.9. The summed E-state index contributed by atoms with van der Waals surface area (Å²) in [7, 11) is 3.82. The highest BCUT2D eigenvalue weighted by Gasteiger charge is 2.60. The molecular formula is C33H58N2O2. The molecule has 4 heteroatoms. The van der Waals surface area contributed by atoms with Crippen LogP contribution in [0.15, 0.2) is 11.6 Å². The van der Waals surface area contributed by atoms with Crippen LogP contribution in [-0.2, 0) is 4.79 Å². The predicted molar refractivity (Wildman–Crippen MR) is 154 cm³/mol. The van der Waals surface area contributed by atoms with Gasteiger partial charge in [0, 0.05) is 27.1 Å². The maximum atomic E-state index is 13.5. The first-order valence-corrected chi connectivity index (χ1v) is 15.8. The highest BCUT2D eigenvalue weighted by molar-refractivity contribution is 5.85. The fraction of sp³-hybridized carbons (Fsp3) is 0.909. The molecular weight excluding hydrogens is 456 g/mol. The minimum Gasteiger partial charge on any atom is -0.380 e. The van der Waals surface area contributed by atoms with E-state index in [1.165, 1.54) is 50.5 Å². The molecule has 4 aliphatic rings. The summed E-state index contributed by atoms with van der Waals surface area (Å²) < 4.78 is 0. The molecule has 4 rings (SSSR count). The van der Waals surface area contributed by atoms with E-state index in [-0.39, 0.29) is 11.3 Å². The van der Waals surface area contributed by atoms with Gasteiger partial charge in [-0.1, -0.05) is 72.5 Å². The van der Waals surface area contributed by atoms with Crippen LogP contribution in [0, 0.1) is 46.3 Å². The van der Waals surface area contributed by atoms with Gasteiger partial charge in [-0.05, 0) is 97.7 Å².